The van der Waals surface area contributed by atoms with E-state index in [0.29, 0.717) is 16.7 Å². The third-order valence-electron chi connectivity index (χ3n) is 2.93. The average Bonchev–Trinajstić information content (AvgIpc) is 2.60. The molecule has 2 unspecified atom stereocenters. The van der Waals surface area contributed by atoms with E-state index >= 15 is 0 Å². The Bertz CT molecular complexity index is 284. The van der Waals surface area contributed by atoms with Crippen LogP contribution in [0.5, 0.6) is 0 Å². The second-order valence-corrected chi connectivity index (χ2v) is 5.94. The summed E-state index contributed by atoms with van der Waals surface area (Å²) in [4.78, 5) is 0.558. The van der Waals surface area contributed by atoms with Crippen molar-refractivity contribution >= 4 is 15.9 Å². The van der Waals surface area contributed by atoms with Gasteiger partial charge >= 0.3 is 0 Å². The summed E-state index contributed by atoms with van der Waals surface area (Å²) in [6.07, 6.45) is 5.27. The molecular formula is C12H21BrN2. The third kappa shape index (κ3) is 3.63. The number of rotatable bonds is 5. The minimum absolute atomic E-state index is 0.558. The van der Waals surface area contributed by atoms with E-state index in [-0.39, 0.29) is 0 Å². The predicted octanol–water partition coefficient (Wildman–Crippen LogP) is 3.50. The summed E-state index contributed by atoms with van der Waals surface area (Å²) in [5, 5.41) is 4.31. The van der Waals surface area contributed by atoms with Gasteiger partial charge in [0.15, 0.2) is 0 Å². The number of halogens is 1. The van der Waals surface area contributed by atoms with Gasteiger partial charge in [-0.25, -0.2) is 0 Å². The fourth-order valence-electron chi connectivity index (χ4n) is 1.89. The fourth-order valence-corrected chi connectivity index (χ4v) is 2.68. The first-order valence-electron chi connectivity index (χ1n) is 5.70. The molecule has 0 aliphatic carbocycles. The summed E-state index contributed by atoms with van der Waals surface area (Å²) in [6, 6.07) is 0. The Labute approximate surface area is 101 Å². The van der Waals surface area contributed by atoms with E-state index in [1.165, 1.54) is 5.56 Å². The fraction of sp³-hybridized carbons (Fsp3) is 0.750. The Morgan fingerprint density at radius 1 is 1.40 bits per heavy atom. The molecule has 0 bridgehead atoms. The van der Waals surface area contributed by atoms with Gasteiger partial charge in [0.2, 0.25) is 0 Å². The van der Waals surface area contributed by atoms with Crippen LogP contribution in [-0.4, -0.2) is 14.6 Å². The molecule has 0 saturated carbocycles. The summed E-state index contributed by atoms with van der Waals surface area (Å²) in [6.45, 7) is 9.87. The topological polar surface area (TPSA) is 17.8 Å². The summed E-state index contributed by atoms with van der Waals surface area (Å²) in [5.41, 5.74) is 1.35. The maximum Gasteiger partial charge on any atom is 0.0521 e. The average molecular weight is 273 g/mol. The molecule has 1 aromatic heterocycles. The lowest BCUT2D eigenvalue weighted by Gasteiger charge is -2.22. The maximum absolute atomic E-state index is 4.31. The van der Waals surface area contributed by atoms with Crippen molar-refractivity contribution < 1.29 is 0 Å². The van der Waals surface area contributed by atoms with Gasteiger partial charge in [0.25, 0.3) is 0 Å². The lowest BCUT2D eigenvalue weighted by atomic mass is 9.88. The van der Waals surface area contributed by atoms with Gasteiger partial charge in [0.05, 0.1) is 6.20 Å². The van der Waals surface area contributed by atoms with Crippen LogP contribution in [0.1, 0.15) is 33.3 Å². The Hall–Kier alpha value is -0.310. The van der Waals surface area contributed by atoms with Gasteiger partial charge in [0, 0.05) is 17.6 Å². The van der Waals surface area contributed by atoms with Crippen molar-refractivity contribution in [3.8, 4) is 0 Å². The molecule has 2 atom stereocenters. The zero-order valence-electron chi connectivity index (χ0n) is 10.1. The van der Waals surface area contributed by atoms with Crippen molar-refractivity contribution in [2.75, 3.05) is 0 Å². The highest BCUT2D eigenvalue weighted by molar-refractivity contribution is 9.09. The zero-order valence-corrected chi connectivity index (χ0v) is 11.7. The number of hydrogen-bond acceptors (Lipinski definition) is 1. The first-order chi connectivity index (χ1) is 7.04. The summed E-state index contributed by atoms with van der Waals surface area (Å²) in [5.74, 6) is 1.38. The molecule has 1 aromatic rings. The minimum atomic E-state index is 0.558. The largest absolute Gasteiger partial charge is 0.273 e. The molecule has 0 radical (unpaired) electrons. The zero-order chi connectivity index (χ0) is 11.4. The quantitative estimate of drug-likeness (QED) is 0.751. The van der Waals surface area contributed by atoms with E-state index in [1.807, 2.05) is 10.9 Å². The highest BCUT2D eigenvalue weighted by Crippen LogP contribution is 2.25. The number of aromatic nitrogens is 2. The third-order valence-corrected chi connectivity index (χ3v) is 3.61. The van der Waals surface area contributed by atoms with E-state index in [1.54, 1.807) is 0 Å². The van der Waals surface area contributed by atoms with Gasteiger partial charge in [-0.3, -0.25) is 4.68 Å². The van der Waals surface area contributed by atoms with E-state index in [9.17, 15) is 0 Å². The van der Waals surface area contributed by atoms with E-state index in [2.05, 4.69) is 54.9 Å². The molecule has 0 saturated heterocycles. The minimum Gasteiger partial charge on any atom is -0.273 e. The molecular weight excluding hydrogens is 252 g/mol. The number of nitrogens with zero attached hydrogens (tertiary/aromatic N) is 2. The molecule has 1 rings (SSSR count). The van der Waals surface area contributed by atoms with Crippen LogP contribution in [0, 0.1) is 11.8 Å². The SMILES string of the molecule is CCn1cc(CC(C(C)C)C(C)Br)cn1. The van der Waals surface area contributed by atoms with Crippen molar-refractivity contribution in [2.45, 2.75) is 45.5 Å². The number of hydrogen-bond donors (Lipinski definition) is 0. The first kappa shape index (κ1) is 12.8. The molecule has 15 heavy (non-hydrogen) atoms. The number of aryl methyl sites for hydroxylation is 1. The van der Waals surface area contributed by atoms with Crippen LogP contribution in [0.15, 0.2) is 12.4 Å². The van der Waals surface area contributed by atoms with Gasteiger partial charge in [-0.2, -0.15) is 5.10 Å². The molecule has 86 valence electrons. The highest BCUT2D eigenvalue weighted by atomic mass is 79.9. The molecule has 0 aliphatic heterocycles. The Morgan fingerprint density at radius 2 is 2.07 bits per heavy atom. The second-order valence-electron chi connectivity index (χ2n) is 4.49. The first-order valence-corrected chi connectivity index (χ1v) is 6.61. The predicted molar refractivity (Wildman–Crippen MR) is 68.3 cm³/mol. The molecule has 3 heteroatoms. The van der Waals surface area contributed by atoms with Gasteiger partial charge in [-0.1, -0.05) is 36.7 Å². The number of alkyl halides is 1. The maximum atomic E-state index is 4.31. The summed E-state index contributed by atoms with van der Waals surface area (Å²) >= 11 is 3.70. The summed E-state index contributed by atoms with van der Waals surface area (Å²) in [7, 11) is 0. The monoisotopic (exact) mass is 272 g/mol. The normalized spacial score (nSPS) is 15.6. The molecule has 0 aromatic carbocycles. The molecule has 2 nitrogen and oxygen atoms in total. The molecule has 0 N–H and O–H groups in total. The van der Waals surface area contributed by atoms with Gasteiger partial charge < -0.3 is 0 Å². The molecule has 0 amide bonds. The van der Waals surface area contributed by atoms with E-state index in [0.717, 1.165) is 13.0 Å². The lowest BCUT2D eigenvalue weighted by molar-refractivity contribution is 0.383. The molecule has 0 aliphatic rings. The Balaban J connectivity index is 2.65. The van der Waals surface area contributed by atoms with Gasteiger partial charge in [-0.15, -0.1) is 0 Å². The van der Waals surface area contributed by atoms with Crippen LogP contribution in [0.2, 0.25) is 0 Å². The van der Waals surface area contributed by atoms with Crippen molar-refractivity contribution in [3.63, 3.8) is 0 Å². The van der Waals surface area contributed by atoms with Crippen LogP contribution >= 0.6 is 15.9 Å². The second kappa shape index (κ2) is 5.69. The molecule has 0 spiro atoms. The van der Waals surface area contributed by atoms with Crippen LogP contribution in [0.25, 0.3) is 0 Å². The lowest BCUT2D eigenvalue weighted by Crippen LogP contribution is -2.20. The van der Waals surface area contributed by atoms with Crippen molar-refractivity contribution in [2.24, 2.45) is 11.8 Å². The Kier molecular flexibility index (Phi) is 4.84. The Morgan fingerprint density at radius 3 is 2.47 bits per heavy atom. The van der Waals surface area contributed by atoms with Crippen LogP contribution < -0.4 is 0 Å². The van der Waals surface area contributed by atoms with Gasteiger partial charge in [-0.05, 0) is 30.7 Å². The standard InChI is InChI=1S/C12H21BrN2/c1-5-15-8-11(7-14-15)6-12(9(2)3)10(4)13/h7-10,12H,5-6H2,1-4H3. The van der Waals surface area contributed by atoms with Crippen LogP contribution in [0.4, 0.5) is 0 Å². The van der Waals surface area contributed by atoms with Gasteiger partial charge in [0.1, 0.15) is 0 Å². The smallest absolute Gasteiger partial charge is 0.0521 e. The van der Waals surface area contributed by atoms with E-state index in [4.69, 9.17) is 0 Å². The van der Waals surface area contributed by atoms with Crippen LogP contribution in [-0.2, 0) is 13.0 Å². The summed E-state index contributed by atoms with van der Waals surface area (Å²) < 4.78 is 1.99. The van der Waals surface area contributed by atoms with E-state index < -0.39 is 0 Å². The van der Waals surface area contributed by atoms with Crippen molar-refractivity contribution in [1.29, 1.82) is 0 Å². The highest BCUT2D eigenvalue weighted by Gasteiger charge is 2.19. The van der Waals surface area contributed by atoms with Crippen LogP contribution in [0.3, 0.4) is 0 Å². The molecule has 0 fully saturated rings. The van der Waals surface area contributed by atoms with Crippen molar-refractivity contribution in [3.05, 3.63) is 18.0 Å². The van der Waals surface area contributed by atoms with Crippen molar-refractivity contribution in [1.82, 2.24) is 9.78 Å². The molecule has 1 heterocycles.